The van der Waals surface area contributed by atoms with Crippen molar-refractivity contribution < 1.29 is 14.7 Å². The number of carbonyl (C=O) groups excluding carboxylic acids is 1. The van der Waals surface area contributed by atoms with Gasteiger partial charge in [0.2, 0.25) is 5.91 Å². The third-order valence-corrected chi connectivity index (χ3v) is 2.48. The second-order valence-electron chi connectivity index (χ2n) is 4.45. The van der Waals surface area contributed by atoms with E-state index in [9.17, 15) is 9.59 Å². The molecule has 0 aliphatic heterocycles. The molecule has 0 fully saturated rings. The first-order valence-electron chi connectivity index (χ1n) is 5.48. The van der Waals surface area contributed by atoms with E-state index in [4.69, 9.17) is 5.11 Å². The van der Waals surface area contributed by atoms with Gasteiger partial charge in [0, 0.05) is 5.92 Å². The maximum Gasteiger partial charge on any atom is 0.337 e. The summed E-state index contributed by atoms with van der Waals surface area (Å²) in [6, 6.07) is 3.41. The third-order valence-electron chi connectivity index (χ3n) is 2.48. The predicted octanol–water partition coefficient (Wildman–Crippen LogP) is 2.60. The quantitative estimate of drug-likeness (QED) is 0.846. The summed E-state index contributed by atoms with van der Waals surface area (Å²) in [5.41, 5.74) is 2.15. The summed E-state index contributed by atoms with van der Waals surface area (Å²) < 4.78 is 0. The number of rotatable bonds is 3. The Balaban J connectivity index is 3.22. The molecule has 0 aliphatic carbocycles. The fourth-order valence-electron chi connectivity index (χ4n) is 1.57. The molecule has 1 aromatic carbocycles. The summed E-state index contributed by atoms with van der Waals surface area (Å²) in [6.07, 6.45) is 0. The molecule has 92 valence electrons. The van der Waals surface area contributed by atoms with Crippen LogP contribution in [0, 0.1) is 19.8 Å². The van der Waals surface area contributed by atoms with Crippen molar-refractivity contribution in [1.29, 1.82) is 0 Å². The van der Waals surface area contributed by atoms with Crippen LogP contribution in [0.5, 0.6) is 0 Å². The maximum absolute atomic E-state index is 11.6. The molecule has 0 unspecified atom stereocenters. The van der Waals surface area contributed by atoms with Gasteiger partial charge >= 0.3 is 5.97 Å². The number of nitrogens with one attached hydrogen (secondary N) is 1. The van der Waals surface area contributed by atoms with Crippen LogP contribution in [0.15, 0.2) is 12.1 Å². The zero-order chi connectivity index (χ0) is 13.2. The second kappa shape index (κ2) is 4.99. The van der Waals surface area contributed by atoms with E-state index < -0.39 is 5.97 Å². The number of aryl methyl sites for hydroxylation is 2. The lowest BCUT2D eigenvalue weighted by Gasteiger charge is -2.14. The largest absolute Gasteiger partial charge is 0.478 e. The van der Waals surface area contributed by atoms with Crippen molar-refractivity contribution in [3.8, 4) is 0 Å². The Labute approximate surface area is 101 Å². The Kier molecular flexibility index (Phi) is 3.89. The number of anilines is 1. The highest BCUT2D eigenvalue weighted by Gasteiger charge is 2.16. The van der Waals surface area contributed by atoms with E-state index in [2.05, 4.69) is 5.32 Å². The molecule has 0 aromatic heterocycles. The lowest BCUT2D eigenvalue weighted by atomic mass is 10.0. The van der Waals surface area contributed by atoms with Gasteiger partial charge in [-0.2, -0.15) is 0 Å². The molecule has 0 saturated carbocycles. The van der Waals surface area contributed by atoms with Gasteiger partial charge in [-0.3, -0.25) is 4.79 Å². The lowest BCUT2D eigenvalue weighted by Crippen LogP contribution is -2.20. The first-order chi connectivity index (χ1) is 7.82. The molecule has 0 saturated heterocycles. The SMILES string of the molecule is Cc1cc(C)c(NC(=O)C(C)C)c(C(=O)O)c1. The Morgan fingerprint density at radius 2 is 1.82 bits per heavy atom. The number of aromatic carboxylic acids is 1. The molecule has 4 heteroatoms. The van der Waals surface area contributed by atoms with Crippen molar-refractivity contribution in [2.24, 2.45) is 5.92 Å². The summed E-state index contributed by atoms with van der Waals surface area (Å²) >= 11 is 0. The molecule has 1 aromatic rings. The molecule has 0 bridgehead atoms. The number of carbonyl (C=O) groups is 2. The van der Waals surface area contributed by atoms with Crippen molar-refractivity contribution in [1.82, 2.24) is 0 Å². The Morgan fingerprint density at radius 1 is 1.24 bits per heavy atom. The van der Waals surface area contributed by atoms with E-state index in [1.54, 1.807) is 26.8 Å². The highest BCUT2D eigenvalue weighted by molar-refractivity contribution is 6.02. The minimum atomic E-state index is -1.03. The fraction of sp³-hybridized carbons (Fsp3) is 0.385. The molecular weight excluding hydrogens is 218 g/mol. The average Bonchev–Trinajstić information content (AvgIpc) is 2.20. The van der Waals surface area contributed by atoms with Crippen LogP contribution >= 0.6 is 0 Å². The normalized spacial score (nSPS) is 10.4. The van der Waals surface area contributed by atoms with E-state index in [1.165, 1.54) is 0 Å². The van der Waals surface area contributed by atoms with Crippen LogP contribution in [-0.4, -0.2) is 17.0 Å². The zero-order valence-electron chi connectivity index (χ0n) is 10.5. The first kappa shape index (κ1) is 13.2. The van der Waals surface area contributed by atoms with Gasteiger partial charge in [-0.25, -0.2) is 4.79 Å². The number of amides is 1. The second-order valence-corrected chi connectivity index (χ2v) is 4.45. The summed E-state index contributed by atoms with van der Waals surface area (Å²) in [7, 11) is 0. The van der Waals surface area contributed by atoms with Crippen molar-refractivity contribution in [3.63, 3.8) is 0 Å². The van der Waals surface area contributed by atoms with Crippen LogP contribution in [0.3, 0.4) is 0 Å². The average molecular weight is 235 g/mol. The van der Waals surface area contributed by atoms with Crippen molar-refractivity contribution in [3.05, 3.63) is 28.8 Å². The molecule has 0 aliphatic rings. The standard InChI is InChI=1S/C13H17NO3/c1-7(2)12(15)14-11-9(4)5-8(3)6-10(11)13(16)17/h5-7H,1-4H3,(H,14,15)(H,16,17). The topological polar surface area (TPSA) is 66.4 Å². The van der Waals surface area contributed by atoms with Gasteiger partial charge in [-0.1, -0.05) is 19.9 Å². The number of carboxylic acids is 1. The fourth-order valence-corrected chi connectivity index (χ4v) is 1.57. The Morgan fingerprint density at radius 3 is 2.29 bits per heavy atom. The predicted molar refractivity (Wildman–Crippen MR) is 66.3 cm³/mol. The summed E-state index contributed by atoms with van der Waals surface area (Å²) in [6.45, 7) is 7.14. The van der Waals surface area contributed by atoms with Gasteiger partial charge in [-0.05, 0) is 31.0 Å². The van der Waals surface area contributed by atoms with Gasteiger partial charge in [0.25, 0.3) is 0 Å². The van der Waals surface area contributed by atoms with Crippen molar-refractivity contribution in [2.45, 2.75) is 27.7 Å². The van der Waals surface area contributed by atoms with Gasteiger partial charge in [0.05, 0.1) is 11.3 Å². The molecule has 0 spiro atoms. The molecule has 4 nitrogen and oxygen atoms in total. The minimum Gasteiger partial charge on any atom is -0.478 e. The van der Waals surface area contributed by atoms with E-state index in [-0.39, 0.29) is 17.4 Å². The summed E-state index contributed by atoms with van der Waals surface area (Å²) in [5.74, 6) is -1.40. The Bertz CT molecular complexity index is 464. The van der Waals surface area contributed by atoms with Crippen LogP contribution in [0.1, 0.15) is 35.3 Å². The molecule has 0 atom stereocenters. The number of hydrogen-bond acceptors (Lipinski definition) is 2. The molecule has 1 amide bonds. The number of hydrogen-bond donors (Lipinski definition) is 2. The minimum absolute atomic E-state index is 0.136. The zero-order valence-corrected chi connectivity index (χ0v) is 10.5. The smallest absolute Gasteiger partial charge is 0.337 e. The summed E-state index contributed by atoms with van der Waals surface area (Å²) in [5, 5.41) is 11.8. The molecular formula is C13H17NO3. The molecule has 0 radical (unpaired) electrons. The van der Waals surface area contributed by atoms with Gasteiger partial charge in [-0.15, -0.1) is 0 Å². The molecule has 2 N–H and O–H groups in total. The molecule has 17 heavy (non-hydrogen) atoms. The van der Waals surface area contributed by atoms with Crippen LogP contribution < -0.4 is 5.32 Å². The van der Waals surface area contributed by atoms with E-state index in [0.717, 1.165) is 11.1 Å². The van der Waals surface area contributed by atoms with Crippen molar-refractivity contribution in [2.75, 3.05) is 5.32 Å². The van der Waals surface area contributed by atoms with Gasteiger partial charge in [0.15, 0.2) is 0 Å². The lowest BCUT2D eigenvalue weighted by molar-refractivity contribution is -0.118. The Hall–Kier alpha value is -1.84. The van der Waals surface area contributed by atoms with Gasteiger partial charge < -0.3 is 10.4 Å². The van der Waals surface area contributed by atoms with E-state index >= 15 is 0 Å². The molecule has 1 rings (SSSR count). The van der Waals surface area contributed by atoms with Crippen LogP contribution in [0.2, 0.25) is 0 Å². The van der Waals surface area contributed by atoms with E-state index in [0.29, 0.717) is 5.69 Å². The van der Waals surface area contributed by atoms with Gasteiger partial charge in [0.1, 0.15) is 0 Å². The highest BCUT2D eigenvalue weighted by atomic mass is 16.4. The first-order valence-corrected chi connectivity index (χ1v) is 5.48. The van der Waals surface area contributed by atoms with Crippen LogP contribution in [-0.2, 0) is 4.79 Å². The monoisotopic (exact) mass is 235 g/mol. The number of benzene rings is 1. The van der Waals surface area contributed by atoms with E-state index in [1.807, 2.05) is 13.0 Å². The summed E-state index contributed by atoms with van der Waals surface area (Å²) in [4.78, 5) is 22.7. The van der Waals surface area contributed by atoms with Crippen LogP contribution in [0.25, 0.3) is 0 Å². The van der Waals surface area contributed by atoms with Crippen LogP contribution in [0.4, 0.5) is 5.69 Å². The maximum atomic E-state index is 11.6. The molecule has 0 heterocycles. The third kappa shape index (κ3) is 3.06. The highest BCUT2D eigenvalue weighted by Crippen LogP contribution is 2.23. The number of carboxylic acid groups (broad SMARTS) is 1. The van der Waals surface area contributed by atoms with Crippen molar-refractivity contribution >= 4 is 17.6 Å².